The van der Waals surface area contributed by atoms with Gasteiger partial charge in [0, 0.05) is 12.6 Å². The summed E-state index contributed by atoms with van der Waals surface area (Å²) in [4.78, 5) is 0. The third-order valence-corrected chi connectivity index (χ3v) is 3.40. The summed E-state index contributed by atoms with van der Waals surface area (Å²) in [6.07, 6.45) is 2.68. The highest BCUT2D eigenvalue weighted by Gasteiger charge is 2.20. The lowest BCUT2D eigenvalue weighted by molar-refractivity contribution is 0.0124. The van der Waals surface area contributed by atoms with Gasteiger partial charge < -0.3 is 15.8 Å². The Morgan fingerprint density at radius 2 is 2.20 bits per heavy atom. The molecule has 1 saturated heterocycles. The molecular weight excluding hydrogens is 188 g/mol. The van der Waals surface area contributed by atoms with Gasteiger partial charge in [-0.25, -0.2) is 0 Å². The molecule has 0 aromatic rings. The fourth-order valence-corrected chi connectivity index (χ4v) is 2.09. The zero-order chi connectivity index (χ0) is 11.3. The molecule has 15 heavy (non-hydrogen) atoms. The monoisotopic (exact) mass is 214 g/mol. The molecule has 3 heteroatoms. The molecule has 1 fully saturated rings. The van der Waals surface area contributed by atoms with Gasteiger partial charge in [-0.2, -0.15) is 0 Å². The Kier molecular flexibility index (Phi) is 5.58. The van der Waals surface area contributed by atoms with Gasteiger partial charge in [0.15, 0.2) is 0 Å². The lowest BCUT2D eigenvalue weighted by atomic mass is 9.95. The number of nitrogens with two attached hydrogens (primary N) is 1. The van der Waals surface area contributed by atoms with Crippen molar-refractivity contribution in [1.29, 1.82) is 0 Å². The average molecular weight is 214 g/mol. The van der Waals surface area contributed by atoms with E-state index in [1.54, 1.807) is 0 Å². The molecule has 3 atom stereocenters. The van der Waals surface area contributed by atoms with E-state index in [4.69, 9.17) is 10.5 Å². The van der Waals surface area contributed by atoms with Crippen LogP contribution < -0.4 is 11.1 Å². The summed E-state index contributed by atoms with van der Waals surface area (Å²) in [6, 6.07) is 0.626. The molecule has 0 amide bonds. The minimum atomic E-state index is 0.409. The van der Waals surface area contributed by atoms with Gasteiger partial charge in [-0.05, 0) is 44.7 Å². The van der Waals surface area contributed by atoms with Crippen LogP contribution in [0, 0.1) is 11.8 Å². The van der Waals surface area contributed by atoms with Gasteiger partial charge in [0.25, 0.3) is 0 Å². The molecule has 0 saturated carbocycles. The van der Waals surface area contributed by atoms with Crippen LogP contribution in [0.4, 0.5) is 0 Å². The van der Waals surface area contributed by atoms with Crippen LogP contribution in [0.3, 0.4) is 0 Å². The lowest BCUT2D eigenvalue weighted by Gasteiger charge is -2.30. The summed E-state index contributed by atoms with van der Waals surface area (Å²) in [5.74, 6) is 1.27. The van der Waals surface area contributed by atoms with Crippen LogP contribution in [-0.2, 0) is 4.74 Å². The smallest absolute Gasteiger partial charge is 0.0561 e. The van der Waals surface area contributed by atoms with Crippen LogP contribution >= 0.6 is 0 Å². The molecule has 3 unspecified atom stereocenters. The normalized spacial score (nSPS) is 29.4. The quantitative estimate of drug-likeness (QED) is 0.727. The summed E-state index contributed by atoms with van der Waals surface area (Å²) >= 11 is 0. The summed E-state index contributed by atoms with van der Waals surface area (Å²) in [5, 5.41) is 3.62. The van der Waals surface area contributed by atoms with Gasteiger partial charge in [0.05, 0.1) is 6.10 Å². The summed E-state index contributed by atoms with van der Waals surface area (Å²) in [7, 11) is 0. The molecule has 90 valence electrons. The van der Waals surface area contributed by atoms with Crippen LogP contribution in [-0.4, -0.2) is 31.8 Å². The van der Waals surface area contributed by atoms with E-state index in [-0.39, 0.29) is 0 Å². The van der Waals surface area contributed by atoms with Crippen molar-refractivity contribution in [3.05, 3.63) is 0 Å². The van der Waals surface area contributed by atoms with E-state index in [0.29, 0.717) is 24.0 Å². The maximum Gasteiger partial charge on any atom is 0.0561 e. The highest BCUT2D eigenvalue weighted by Crippen LogP contribution is 2.14. The Hall–Kier alpha value is -0.120. The first-order valence-corrected chi connectivity index (χ1v) is 6.18. The average Bonchev–Trinajstić information content (AvgIpc) is 2.18. The predicted molar refractivity (Wildman–Crippen MR) is 63.8 cm³/mol. The predicted octanol–water partition coefficient (Wildman–Crippen LogP) is 1.37. The van der Waals surface area contributed by atoms with Gasteiger partial charge >= 0.3 is 0 Å². The number of ether oxygens (including phenoxy) is 1. The zero-order valence-electron chi connectivity index (χ0n) is 10.3. The van der Waals surface area contributed by atoms with Crippen molar-refractivity contribution in [2.45, 2.75) is 45.8 Å². The molecule has 3 N–H and O–H groups in total. The van der Waals surface area contributed by atoms with E-state index in [0.717, 1.165) is 32.5 Å². The van der Waals surface area contributed by atoms with E-state index in [1.165, 1.54) is 0 Å². The first kappa shape index (κ1) is 12.9. The molecule has 0 aromatic carbocycles. The van der Waals surface area contributed by atoms with Gasteiger partial charge in [0.2, 0.25) is 0 Å². The summed E-state index contributed by atoms with van der Waals surface area (Å²) in [6.45, 7) is 9.36. The maximum absolute atomic E-state index is 5.75. The maximum atomic E-state index is 5.75. The minimum Gasteiger partial charge on any atom is -0.378 e. The molecule has 0 spiro atoms. The fourth-order valence-electron chi connectivity index (χ4n) is 2.09. The lowest BCUT2D eigenvalue weighted by Crippen LogP contribution is -2.42. The molecule has 0 bridgehead atoms. The largest absolute Gasteiger partial charge is 0.378 e. The van der Waals surface area contributed by atoms with E-state index < -0.39 is 0 Å². The molecule has 0 aromatic heterocycles. The fraction of sp³-hybridized carbons (Fsp3) is 1.00. The van der Waals surface area contributed by atoms with E-state index in [1.807, 2.05) is 0 Å². The number of hydrogen-bond acceptors (Lipinski definition) is 3. The van der Waals surface area contributed by atoms with Crippen molar-refractivity contribution in [2.75, 3.05) is 19.7 Å². The molecule has 3 nitrogen and oxygen atoms in total. The SMILES string of the molecule is CC1CC(NCC(CN)C(C)C)CCO1. The molecule has 0 radical (unpaired) electrons. The van der Waals surface area contributed by atoms with Crippen LogP contribution in [0.2, 0.25) is 0 Å². The third kappa shape index (κ3) is 4.49. The van der Waals surface area contributed by atoms with Gasteiger partial charge in [0.1, 0.15) is 0 Å². The zero-order valence-corrected chi connectivity index (χ0v) is 10.3. The Labute approximate surface area is 93.8 Å². The van der Waals surface area contributed by atoms with Crippen molar-refractivity contribution in [1.82, 2.24) is 5.32 Å². The second kappa shape index (κ2) is 6.46. The van der Waals surface area contributed by atoms with Gasteiger partial charge in [-0.15, -0.1) is 0 Å². The minimum absolute atomic E-state index is 0.409. The number of nitrogens with one attached hydrogen (secondary N) is 1. The van der Waals surface area contributed by atoms with Crippen LogP contribution in [0.15, 0.2) is 0 Å². The van der Waals surface area contributed by atoms with Crippen molar-refractivity contribution in [3.8, 4) is 0 Å². The van der Waals surface area contributed by atoms with Crippen LogP contribution in [0.25, 0.3) is 0 Å². The highest BCUT2D eigenvalue weighted by molar-refractivity contribution is 4.77. The second-order valence-corrected chi connectivity index (χ2v) is 5.05. The number of rotatable bonds is 5. The van der Waals surface area contributed by atoms with Crippen molar-refractivity contribution < 1.29 is 4.74 Å². The molecule has 1 aliphatic heterocycles. The van der Waals surface area contributed by atoms with E-state index in [2.05, 4.69) is 26.1 Å². The molecule has 1 rings (SSSR count). The molecular formula is C12H26N2O. The Morgan fingerprint density at radius 1 is 1.47 bits per heavy atom. The van der Waals surface area contributed by atoms with Crippen molar-refractivity contribution >= 4 is 0 Å². The first-order valence-electron chi connectivity index (χ1n) is 6.18. The molecule has 1 heterocycles. The van der Waals surface area contributed by atoms with Crippen LogP contribution in [0.1, 0.15) is 33.6 Å². The Balaban J connectivity index is 2.23. The molecule has 0 aliphatic carbocycles. The van der Waals surface area contributed by atoms with Gasteiger partial charge in [-0.1, -0.05) is 13.8 Å². The van der Waals surface area contributed by atoms with Crippen LogP contribution in [0.5, 0.6) is 0 Å². The third-order valence-electron chi connectivity index (χ3n) is 3.40. The Bertz CT molecular complexity index is 173. The summed E-state index contributed by atoms with van der Waals surface area (Å²) < 4.78 is 5.52. The molecule has 1 aliphatic rings. The topological polar surface area (TPSA) is 47.3 Å². The van der Waals surface area contributed by atoms with Gasteiger partial charge in [-0.3, -0.25) is 0 Å². The van der Waals surface area contributed by atoms with E-state index in [9.17, 15) is 0 Å². The Morgan fingerprint density at radius 3 is 2.73 bits per heavy atom. The summed E-state index contributed by atoms with van der Waals surface area (Å²) in [5.41, 5.74) is 5.75. The van der Waals surface area contributed by atoms with Crippen molar-refractivity contribution in [2.24, 2.45) is 17.6 Å². The van der Waals surface area contributed by atoms with Crippen molar-refractivity contribution in [3.63, 3.8) is 0 Å². The number of hydrogen-bond donors (Lipinski definition) is 2. The van der Waals surface area contributed by atoms with E-state index >= 15 is 0 Å². The second-order valence-electron chi connectivity index (χ2n) is 5.05. The standard InChI is InChI=1S/C12H26N2O/c1-9(2)11(7-13)8-14-12-4-5-15-10(3)6-12/h9-12,14H,4-8,13H2,1-3H3. The first-order chi connectivity index (χ1) is 7.13. The highest BCUT2D eigenvalue weighted by atomic mass is 16.5.